The van der Waals surface area contributed by atoms with Crippen molar-refractivity contribution in [3.63, 3.8) is 0 Å². The van der Waals surface area contributed by atoms with Gasteiger partial charge in [0.05, 0.1) is 0 Å². The van der Waals surface area contributed by atoms with Crippen LogP contribution < -0.4 is 4.90 Å². The first-order chi connectivity index (χ1) is 19.0. The van der Waals surface area contributed by atoms with Gasteiger partial charge in [-0.05, 0) is 64.7 Å². The second kappa shape index (κ2) is 10.7. The topological polar surface area (TPSA) is 98.4 Å². The van der Waals surface area contributed by atoms with Crippen LogP contribution in [-0.2, 0) is 0 Å². The van der Waals surface area contributed by atoms with Gasteiger partial charge in [0.15, 0.2) is 0 Å². The number of benzene rings is 2. The van der Waals surface area contributed by atoms with E-state index in [0.717, 1.165) is 25.9 Å². The smallest absolute Gasteiger partial charge is 0.138 e. The number of thiophene rings is 2. The molecule has 2 heterocycles. The number of nitriles is 4. The van der Waals surface area contributed by atoms with E-state index < -0.39 is 0 Å². The molecule has 0 radical (unpaired) electrons. The van der Waals surface area contributed by atoms with Crippen LogP contribution in [0.3, 0.4) is 0 Å². The standard InChI is InChI=1S/C32H19N5S2/c1-37(2)23-9-7-20(8-10-23)28-13-14-30(39-28)29-12-11-24(38-29)15-27-31(21(16-33)17-34)25-5-3-4-6-26(25)32(27)22(18-35)19-36/h3-15H,1-2H3. The summed E-state index contributed by atoms with van der Waals surface area (Å²) in [6, 6.07) is 31.9. The van der Waals surface area contributed by atoms with Crippen molar-refractivity contribution in [2.45, 2.75) is 0 Å². The van der Waals surface area contributed by atoms with Crippen LogP contribution in [0.25, 0.3) is 37.4 Å². The van der Waals surface area contributed by atoms with Gasteiger partial charge >= 0.3 is 0 Å². The lowest BCUT2D eigenvalue weighted by Crippen LogP contribution is -2.07. The first kappa shape index (κ1) is 25.5. The van der Waals surface area contributed by atoms with Gasteiger partial charge in [-0.15, -0.1) is 22.7 Å². The van der Waals surface area contributed by atoms with E-state index in [2.05, 4.69) is 41.3 Å². The van der Waals surface area contributed by atoms with E-state index >= 15 is 0 Å². The van der Waals surface area contributed by atoms with Gasteiger partial charge < -0.3 is 4.90 Å². The number of fused-ring (bicyclic) bond motifs is 1. The van der Waals surface area contributed by atoms with Crippen molar-refractivity contribution in [2.75, 3.05) is 19.0 Å². The Morgan fingerprint density at radius 2 is 1.15 bits per heavy atom. The zero-order chi connectivity index (χ0) is 27.5. The molecule has 1 aliphatic rings. The zero-order valence-electron chi connectivity index (χ0n) is 21.1. The molecule has 2 aromatic carbocycles. The Kier molecular flexibility index (Phi) is 6.96. The Morgan fingerprint density at radius 1 is 0.641 bits per heavy atom. The van der Waals surface area contributed by atoms with Gasteiger partial charge in [0.25, 0.3) is 0 Å². The molecule has 0 unspecified atom stereocenters. The van der Waals surface area contributed by atoms with E-state index in [1.54, 1.807) is 22.7 Å². The molecule has 4 aromatic rings. The minimum Gasteiger partial charge on any atom is -0.378 e. The molecule has 7 heteroatoms. The maximum Gasteiger partial charge on any atom is 0.138 e. The van der Waals surface area contributed by atoms with Crippen molar-refractivity contribution in [3.8, 4) is 44.5 Å². The van der Waals surface area contributed by atoms with Crippen LogP contribution in [0.15, 0.2) is 89.5 Å². The fourth-order valence-electron chi connectivity index (χ4n) is 4.55. The molecule has 0 bridgehead atoms. The van der Waals surface area contributed by atoms with E-state index in [1.807, 2.05) is 80.8 Å². The molecule has 0 aliphatic heterocycles. The molecule has 0 fully saturated rings. The van der Waals surface area contributed by atoms with Gasteiger partial charge in [0.1, 0.15) is 35.4 Å². The van der Waals surface area contributed by atoms with E-state index in [0.29, 0.717) is 27.8 Å². The molecular weight excluding hydrogens is 519 g/mol. The Bertz CT molecular complexity index is 1760. The summed E-state index contributed by atoms with van der Waals surface area (Å²) >= 11 is 3.28. The van der Waals surface area contributed by atoms with E-state index in [9.17, 15) is 21.0 Å². The number of anilines is 1. The van der Waals surface area contributed by atoms with Crippen molar-refractivity contribution in [1.82, 2.24) is 0 Å². The molecule has 5 rings (SSSR count). The Hall–Kier alpha value is -5.18. The highest BCUT2D eigenvalue weighted by Crippen LogP contribution is 2.49. The maximum atomic E-state index is 9.72. The second-order valence-corrected chi connectivity index (χ2v) is 11.1. The predicted molar refractivity (Wildman–Crippen MR) is 158 cm³/mol. The number of allylic oxidation sites excluding steroid dienone is 5. The molecule has 5 nitrogen and oxygen atoms in total. The lowest BCUT2D eigenvalue weighted by Gasteiger charge is -2.12. The van der Waals surface area contributed by atoms with Crippen molar-refractivity contribution in [1.29, 1.82) is 21.0 Å². The number of hydrogen-bond acceptors (Lipinski definition) is 7. The summed E-state index contributed by atoms with van der Waals surface area (Å²) < 4.78 is 0. The van der Waals surface area contributed by atoms with Gasteiger partial charge in [-0.2, -0.15) is 21.0 Å². The molecule has 39 heavy (non-hydrogen) atoms. The molecule has 0 N–H and O–H groups in total. The summed E-state index contributed by atoms with van der Waals surface area (Å²) in [5.41, 5.74) is 4.96. The van der Waals surface area contributed by atoms with Crippen molar-refractivity contribution < 1.29 is 0 Å². The second-order valence-electron chi connectivity index (χ2n) is 8.86. The average Bonchev–Trinajstić information content (AvgIpc) is 3.70. The molecule has 2 aromatic heterocycles. The van der Waals surface area contributed by atoms with E-state index in [4.69, 9.17) is 0 Å². The van der Waals surface area contributed by atoms with E-state index in [-0.39, 0.29) is 11.1 Å². The SMILES string of the molecule is CN(C)c1ccc(-c2ccc(-c3ccc(C=C4C(=C(C#N)C#N)c5ccccc5C4=C(C#N)C#N)s3)s2)cc1. The first-order valence-corrected chi connectivity index (χ1v) is 13.5. The molecule has 0 amide bonds. The highest BCUT2D eigenvalue weighted by Gasteiger charge is 2.32. The number of nitrogens with zero attached hydrogens (tertiary/aromatic N) is 5. The predicted octanol–water partition coefficient (Wildman–Crippen LogP) is 7.91. The third-order valence-corrected chi connectivity index (χ3v) is 8.74. The van der Waals surface area contributed by atoms with Gasteiger partial charge in [0.2, 0.25) is 0 Å². The summed E-state index contributed by atoms with van der Waals surface area (Å²) in [4.78, 5) is 6.34. The fourth-order valence-corrected chi connectivity index (χ4v) is 6.60. The molecule has 0 atom stereocenters. The summed E-state index contributed by atoms with van der Waals surface area (Å²) in [5, 5.41) is 38.9. The van der Waals surface area contributed by atoms with Crippen molar-refractivity contribution >= 4 is 45.6 Å². The molecule has 0 spiro atoms. The molecular formula is C32H19N5S2. The van der Waals surface area contributed by atoms with E-state index in [1.165, 1.54) is 4.88 Å². The van der Waals surface area contributed by atoms with Crippen LogP contribution in [0.4, 0.5) is 5.69 Å². The summed E-state index contributed by atoms with van der Waals surface area (Å²) in [6.07, 6.45) is 1.87. The van der Waals surface area contributed by atoms with Crippen LogP contribution in [0, 0.1) is 45.3 Å². The maximum absolute atomic E-state index is 9.72. The van der Waals surface area contributed by atoms with Gasteiger partial charge in [0, 0.05) is 50.4 Å². The minimum absolute atomic E-state index is 0.0566. The fraction of sp³-hybridized carbons (Fsp3) is 0.0625. The average molecular weight is 538 g/mol. The Labute approximate surface area is 235 Å². The monoisotopic (exact) mass is 537 g/mol. The Balaban J connectivity index is 1.58. The van der Waals surface area contributed by atoms with Crippen LogP contribution in [0.1, 0.15) is 16.0 Å². The normalized spacial score (nSPS) is 11.6. The van der Waals surface area contributed by atoms with Gasteiger partial charge in [-0.25, -0.2) is 0 Å². The third kappa shape index (κ3) is 4.66. The molecule has 0 saturated carbocycles. The quantitative estimate of drug-likeness (QED) is 0.246. The first-order valence-electron chi connectivity index (χ1n) is 11.9. The molecule has 1 aliphatic carbocycles. The third-order valence-electron chi connectivity index (χ3n) is 6.38. The molecule has 0 saturated heterocycles. The van der Waals surface area contributed by atoms with Crippen LogP contribution >= 0.6 is 22.7 Å². The van der Waals surface area contributed by atoms with Gasteiger partial charge in [-0.1, -0.05) is 36.4 Å². The Morgan fingerprint density at radius 3 is 1.69 bits per heavy atom. The number of hydrogen-bond donors (Lipinski definition) is 0. The van der Waals surface area contributed by atoms with Crippen LogP contribution in [0.5, 0.6) is 0 Å². The lowest BCUT2D eigenvalue weighted by molar-refractivity contribution is 1.13. The van der Waals surface area contributed by atoms with Crippen LogP contribution in [-0.4, -0.2) is 14.1 Å². The zero-order valence-corrected chi connectivity index (χ0v) is 22.7. The largest absolute Gasteiger partial charge is 0.378 e. The number of rotatable bonds is 4. The van der Waals surface area contributed by atoms with Crippen LogP contribution in [0.2, 0.25) is 0 Å². The molecule has 184 valence electrons. The van der Waals surface area contributed by atoms with Crippen molar-refractivity contribution in [3.05, 3.63) is 106 Å². The summed E-state index contributed by atoms with van der Waals surface area (Å²) in [7, 11) is 4.04. The van der Waals surface area contributed by atoms with Crippen molar-refractivity contribution in [2.24, 2.45) is 0 Å². The summed E-state index contributed by atoms with van der Waals surface area (Å²) in [6.45, 7) is 0. The highest BCUT2D eigenvalue weighted by atomic mass is 32.1. The minimum atomic E-state index is -0.0566. The lowest BCUT2D eigenvalue weighted by atomic mass is 9.96. The highest BCUT2D eigenvalue weighted by molar-refractivity contribution is 7.24. The van der Waals surface area contributed by atoms with Gasteiger partial charge in [-0.3, -0.25) is 0 Å². The summed E-state index contributed by atoms with van der Waals surface area (Å²) in [5.74, 6) is 0.